The number of anilines is 1. The number of nitrogen functional groups attached to an aromatic ring is 1. The first-order valence-electron chi connectivity index (χ1n) is 13.6. The van der Waals surface area contributed by atoms with Crippen molar-refractivity contribution in [1.82, 2.24) is 24.6 Å². The van der Waals surface area contributed by atoms with Gasteiger partial charge in [-0.25, -0.2) is 10.1 Å². The smallest absolute Gasteiger partial charge is 0.323 e. The lowest BCUT2D eigenvalue weighted by molar-refractivity contribution is -0.225. The molecule has 2 aromatic heterocycles. The van der Waals surface area contributed by atoms with E-state index in [1.807, 2.05) is 39.0 Å². The fourth-order valence-corrected chi connectivity index (χ4v) is 5.86. The van der Waals surface area contributed by atoms with Crippen LogP contribution in [0.25, 0.3) is 11.2 Å². The van der Waals surface area contributed by atoms with Crippen molar-refractivity contribution in [2.75, 3.05) is 32.7 Å². The van der Waals surface area contributed by atoms with Gasteiger partial charge in [0, 0.05) is 6.42 Å². The number of methoxy groups -OCH3 is 1. The molecular formula is C27H37N6O8P. The van der Waals surface area contributed by atoms with Gasteiger partial charge in [0.05, 0.1) is 33.3 Å². The second-order valence-electron chi connectivity index (χ2n) is 11.4. The molecule has 2 saturated heterocycles. The van der Waals surface area contributed by atoms with Crippen LogP contribution in [-0.4, -0.2) is 81.4 Å². The minimum atomic E-state index is -1.85. The summed E-state index contributed by atoms with van der Waals surface area (Å²) in [5, 5.41) is 14.5. The summed E-state index contributed by atoms with van der Waals surface area (Å²) in [6.45, 7) is 8.29. The summed E-state index contributed by atoms with van der Waals surface area (Å²) in [5.74, 6) is 0.351. The molecule has 0 aliphatic carbocycles. The molecule has 0 saturated carbocycles. The second kappa shape index (κ2) is 12.2. The van der Waals surface area contributed by atoms with Crippen LogP contribution in [0.5, 0.6) is 11.6 Å². The zero-order valence-corrected chi connectivity index (χ0v) is 25.1. The Kier molecular flexibility index (Phi) is 8.83. The van der Waals surface area contributed by atoms with Crippen molar-refractivity contribution >= 4 is 31.6 Å². The molecule has 1 aromatic carbocycles. The highest BCUT2D eigenvalue weighted by Gasteiger charge is 2.62. The number of hydrogen-bond acceptors (Lipinski definition) is 13. The Morgan fingerprint density at radius 1 is 1.31 bits per heavy atom. The van der Waals surface area contributed by atoms with Gasteiger partial charge in [0.1, 0.15) is 29.6 Å². The van der Waals surface area contributed by atoms with E-state index in [-0.39, 0.29) is 30.5 Å². The number of hydrogen-bond donors (Lipinski definition) is 3. The van der Waals surface area contributed by atoms with Crippen LogP contribution in [0.1, 0.15) is 40.3 Å². The number of nitrogens with two attached hydrogens (primary N) is 1. The molecule has 228 valence electrons. The van der Waals surface area contributed by atoms with Crippen molar-refractivity contribution in [2.45, 2.75) is 64.2 Å². The number of nitrogens with one attached hydrogen (secondary N) is 1. The van der Waals surface area contributed by atoms with Crippen LogP contribution in [0.15, 0.2) is 36.7 Å². The third-order valence-electron chi connectivity index (χ3n) is 6.88. The van der Waals surface area contributed by atoms with Gasteiger partial charge in [0.2, 0.25) is 11.8 Å². The first-order valence-corrected chi connectivity index (χ1v) is 14.8. The topological polar surface area (TPSA) is 174 Å². The van der Waals surface area contributed by atoms with Crippen molar-refractivity contribution < 1.29 is 37.9 Å². The molecule has 0 bridgehead atoms. The zero-order valence-electron chi connectivity index (χ0n) is 24.2. The number of ether oxygens (including phenoxy) is 4. The van der Waals surface area contributed by atoms with Crippen LogP contribution in [0.3, 0.4) is 0 Å². The summed E-state index contributed by atoms with van der Waals surface area (Å²) in [6, 6.07) is 8.37. The monoisotopic (exact) mass is 604 g/mol. The molecule has 0 radical (unpaired) electrons. The largest absolute Gasteiger partial charge is 0.479 e. The maximum Gasteiger partial charge on any atom is 0.323 e. The summed E-state index contributed by atoms with van der Waals surface area (Å²) in [4.78, 5) is 25.5. The predicted octanol–water partition coefficient (Wildman–Crippen LogP) is 2.72. The summed E-state index contributed by atoms with van der Waals surface area (Å²) in [7, 11) is -0.387. The molecule has 2 aliphatic heterocycles. The van der Waals surface area contributed by atoms with Crippen LogP contribution < -0.4 is 20.1 Å². The van der Waals surface area contributed by atoms with Crippen molar-refractivity contribution in [3.8, 4) is 11.6 Å². The Hall–Kier alpha value is -3.13. The Balaban J connectivity index is 1.32. The van der Waals surface area contributed by atoms with E-state index in [1.165, 1.54) is 13.4 Å². The van der Waals surface area contributed by atoms with E-state index >= 15 is 0 Å². The molecule has 5 rings (SSSR count). The second-order valence-corrected chi connectivity index (χ2v) is 12.6. The lowest BCUT2D eigenvalue weighted by Crippen LogP contribution is -2.56. The third-order valence-corrected chi connectivity index (χ3v) is 8.24. The van der Waals surface area contributed by atoms with E-state index in [0.29, 0.717) is 29.9 Å². The molecule has 3 aromatic rings. The lowest BCUT2D eigenvalue weighted by atomic mass is 9.86. The van der Waals surface area contributed by atoms with Gasteiger partial charge < -0.3 is 38.8 Å². The van der Waals surface area contributed by atoms with Crippen molar-refractivity contribution in [3.05, 3.63) is 36.7 Å². The standard InChI is InChI=1S/C27H37N6O8P/c1-16(23(35)37-14-26(2,3)4)32-42(41-17-9-7-6-8-10-17)39-13-18-20(34)27(11-12-38-27)24(40-18)33-15-29-19-21(33)30-25(28)31-22(19)36-5/h6-10,15-16,18,20,24,32,34H,11-14H2,1-5H3,(H2,28,30,31)/t16-,18?,20+,24?,27+,42?/m0/s1. The van der Waals surface area contributed by atoms with Gasteiger partial charge in [0.15, 0.2) is 17.4 Å². The van der Waals surface area contributed by atoms with Gasteiger partial charge in [-0.05, 0) is 24.5 Å². The van der Waals surface area contributed by atoms with Gasteiger partial charge in [-0.1, -0.05) is 39.0 Å². The number of benzene rings is 1. The Morgan fingerprint density at radius 2 is 2.05 bits per heavy atom. The highest BCUT2D eigenvalue weighted by atomic mass is 31.2. The first kappa shape index (κ1) is 30.3. The number of carbonyl (C=O) groups is 1. The molecule has 4 N–H and O–H groups in total. The maximum atomic E-state index is 12.7. The highest BCUT2D eigenvalue weighted by molar-refractivity contribution is 7.45. The number of fused-ring (bicyclic) bond motifs is 1. The zero-order chi connectivity index (χ0) is 30.1. The highest BCUT2D eigenvalue weighted by Crippen LogP contribution is 2.50. The van der Waals surface area contributed by atoms with Crippen LogP contribution in [0.4, 0.5) is 5.95 Å². The molecule has 2 aliphatic rings. The summed E-state index contributed by atoms with van der Waals surface area (Å²) in [5.41, 5.74) is 5.46. The van der Waals surface area contributed by atoms with E-state index < -0.39 is 44.6 Å². The predicted molar refractivity (Wildman–Crippen MR) is 152 cm³/mol. The number of aliphatic hydroxyl groups is 1. The SMILES string of the molecule is COc1nc(N)nc2c1ncn2C1OC(COP(N[C@@H](C)C(=O)OCC(C)(C)C)Oc2ccccc2)[C@@H](O)[C@]12CCO2. The molecule has 0 amide bonds. The van der Waals surface area contributed by atoms with Gasteiger partial charge in [-0.3, -0.25) is 9.36 Å². The van der Waals surface area contributed by atoms with Crippen molar-refractivity contribution in [3.63, 3.8) is 0 Å². The fourth-order valence-electron chi connectivity index (χ4n) is 4.67. The number of imidazole rings is 1. The first-order chi connectivity index (χ1) is 20.0. The number of nitrogens with zero attached hydrogens (tertiary/aromatic N) is 4. The molecule has 3 unspecified atom stereocenters. The van der Waals surface area contributed by atoms with Gasteiger partial charge >= 0.3 is 14.5 Å². The number of carbonyl (C=O) groups excluding carboxylic acids is 1. The van der Waals surface area contributed by atoms with Crippen LogP contribution in [0, 0.1) is 5.41 Å². The fraction of sp³-hybridized carbons (Fsp3) is 0.556. The van der Waals surface area contributed by atoms with Crippen molar-refractivity contribution in [2.24, 2.45) is 5.41 Å². The summed E-state index contributed by atoms with van der Waals surface area (Å²) < 4.78 is 36.9. The molecule has 15 heteroatoms. The minimum absolute atomic E-state index is 0.00744. The van der Waals surface area contributed by atoms with Gasteiger partial charge in [-0.15, -0.1) is 0 Å². The van der Waals surface area contributed by atoms with Crippen LogP contribution in [0.2, 0.25) is 0 Å². The van der Waals surface area contributed by atoms with Crippen LogP contribution in [-0.2, 0) is 23.5 Å². The Morgan fingerprint density at radius 3 is 2.69 bits per heavy atom. The average Bonchev–Trinajstić information content (AvgIpc) is 3.47. The maximum absolute atomic E-state index is 12.7. The third kappa shape index (κ3) is 6.29. The Bertz CT molecular complexity index is 1380. The molecule has 6 atom stereocenters. The van der Waals surface area contributed by atoms with Gasteiger partial charge in [0.25, 0.3) is 0 Å². The number of aromatic nitrogens is 4. The number of aliphatic hydroxyl groups excluding tert-OH is 1. The van der Waals surface area contributed by atoms with E-state index in [0.717, 1.165) is 0 Å². The lowest BCUT2D eigenvalue weighted by Gasteiger charge is -2.44. The van der Waals surface area contributed by atoms with E-state index in [4.69, 9.17) is 33.7 Å². The van der Waals surface area contributed by atoms with Crippen LogP contribution >= 0.6 is 8.53 Å². The molecule has 4 heterocycles. The quantitative estimate of drug-likeness (QED) is 0.215. The van der Waals surface area contributed by atoms with E-state index in [9.17, 15) is 9.90 Å². The molecule has 42 heavy (non-hydrogen) atoms. The Labute approximate surface area is 244 Å². The van der Waals surface area contributed by atoms with E-state index in [1.54, 1.807) is 23.6 Å². The normalized spacial score (nSPS) is 25.2. The van der Waals surface area contributed by atoms with Crippen molar-refractivity contribution in [1.29, 1.82) is 0 Å². The minimum Gasteiger partial charge on any atom is -0.479 e. The number of esters is 1. The number of para-hydroxylation sites is 1. The van der Waals surface area contributed by atoms with E-state index in [2.05, 4.69) is 20.0 Å². The summed E-state index contributed by atoms with van der Waals surface area (Å²) in [6.07, 6.45) is -0.555. The van der Waals surface area contributed by atoms with Gasteiger partial charge in [-0.2, -0.15) is 9.97 Å². The number of rotatable bonds is 11. The molecular weight excluding hydrogens is 567 g/mol. The molecule has 2 fully saturated rings. The molecule has 14 nitrogen and oxygen atoms in total. The summed E-state index contributed by atoms with van der Waals surface area (Å²) >= 11 is 0. The average molecular weight is 605 g/mol. The molecule has 1 spiro atoms.